The van der Waals surface area contributed by atoms with Crippen molar-refractivity contribution in [2.75, 3.05) is 13.2 Å². The molecule has 0 N–H and O–H groups in total. The summed E-state index contributed by atoms with van der Waals surface area (Å²) in [5, 5.41) is 0. The van der Waals surface area contributed by atoms with E-state index in [1.165, 1.54) is 6.07 Å². The summed E-state index contributed by atoms with van der Waals surface area (Å²) >= 11 is 0. The Kier molecular flexibility index (Phi) is 3.78. The van der Waals surface area contributed by atoms with Crippen LogP contribution >= 0.6 is 0 Å². The number of rotatable bonds is 4. The molecule has 0 radical (unpaired) electrons. The monoisotopic (exact) mass is 224 g/mol. The molecule has 1 saturated heterocycles. The Hall–Kier alpha value is -1.09. The van der Waals surface area contributed by atoms with Crippen LogP contribution in [0.4, 0.5) is 4.39 Å². The second kappa shape index (κ2) is 5.30. The van der Waals surface area contributed by atoms with Crippen molar-refractivity contribution in [3.05, 3.63) is 29.6 Å². The minimum Gasteiger partial charge on any atom is -0.490 e. The fourth-order valence-electron chi connectivity index (χ4n) is 1.89. The van der Waals surface area contributed by atoms with Crippen molar-refractivity contribution >= 4 is 0 Å². The molecule has 1 aliphatic heterocycles. The van der Waals surface area contributed by atoms with Crippen LogP contribution in [0, 0.1) is 12.7 Å². The van der Waals surface area contributed by atoms with Crippen LogP contribution in [-0.2, 0) is 4.74 Å². The van der Waals surface area contributed by atoms with Gasteiger partial charge in [0.15, 0.2) is 11.6 Å². The second-order valence-corrected chi connectivity index (χ2v) is 4.21. The third-order valence-corrected chi connectivity index (χ3v) is 2.81. The summed E-state index contributed by atoms with van der Waals surface area (Å²) in [7, 11) is 0. The summed E-state index contributed by atoms with van der Waals surface area (Å²) in [6, 6.07) is 4.91. The van der Waals surface area contributed by atoms with Gasteiger partial charge in [-0.15, -0.1) is 0 Å². The molecule has 2 nitrogen and oxygen atoms in total. The molecule has 0 amide bonds. The maximum absolute atomic E-state index is 13.3. The van der Waals surface area contributed by atoms with Gasteiger partial charge in [0.2, 0.25) is 0 Å². The molecule has 3 heteroatoms. The molecule has 1 fully saturated rings. The zero-order valence-electron chi connectivity index (χ0n) is 9.54. The fraction of sp³-hybridized carbons (Fsp3) is 0.538. The Bertz CT molecular complexity index is 346. The van der Waals surface area contributed by atoms with Gasteiger partial charge in [-0.3, -0.25) is 0 Å². The van der Waals surface area contributed by atoms with Crippen molar-refractivity contribution in [2.45, 2.75) is 32.3 Å². The molecule has 1 atom stereocenters. The van der Waals surface area contributed by atoms with Gasteiger partial charge in [0.05, 0.1) is 12.7 Å². The lowest BCUT2D eigenvalue weighted by Crippen LogP contribution is -2.11. The van der Waals surface area contributed by atoms with Gasteiger partial charge in [0, 0.05) is 13.0 Å². The van der Waals surface area contributed by atoms with Crippen LogP contribution in [0.25, 0.3) is 0 Å². The van der Waals surface area contributed by atoms with Crippen LogP contribution in [0.5, 0.6) is 5.75 Å². The van der Waals surface area contributed by atoms with E-state index in [0.29, 0.717) is 18.5 Å². The van der Waals surface area contributed by atoms with Crippen molar-refractivity contribution in [3.63, 3.8) is 0 Å². The Morgan fingerprint density at radius 2 is 2.38 bits per heavy atom. The molecule has 0 bridgehead atoms. The van der Waals surface area contributed by atoms with Gasteiger partial charge in [0.25, 0.3) is 0 Å². The third kappa shape index (κ3) is 2.95. The van der Waals surface area contributed by atoms with E-state index >= 15 is 0 Å². The van der Waals surface area contributed by atoms with E-state index in [1.807, 2.05) is 6.92 Å². The van der Waals surface area contributed by atoms with Crippen molar-refractivity contribution in [1.29, 1.82) is 0 Å². The predicted octanol–water partition coefficient (Wildman–Crippen LogP) is 3.08. The summed E-state index contributed by atoms with van der Waals surface area (Å²) in [6.07, 6.45) is 3.36. The first-order chi connectivity index (χ1) is 7.75. The minimum atomic E-state index is -0.294. The molecule has 1 aromatic carbocycles. The van der Waals surface area contributed by atoms with Crippen LogP contribution in [0.2, 0.25) is 0 Å². The van der Waals surface area contributed by atoms with E-state index in [0.717, 1.165) is 31.4 Å². The van der Waals surface area contributed by atoms with Gasteiger partial charge in [0.1, 0.15) is 0 Å². The van der Waals surface area contributed by atoms with Crippen LogP contribution < -0.4 is 4.74 Å². The Labute approximate surface area is 95.4 Å². The predicted molar refractivity (Wildman–Crippen MR) is 60.2 cm³/mol. The number of halogens is 1. The van der Waals surface area contributed by atoms with Crippen LogP contribution in [0.15, 0.2) is 18.2 Å². The van der Waals surface area contributed by atoms with Gasteiger partial charge < -0.3 is 9.47 Å². The lowest BCUT2D eigenvalue weighted by Gasteiger charge is -2.11. The topological polar surface area (TPSA) is 18.5 Å². The van der Waals surface area contributed by atoms with Crippen molar-refractivity contribution in [1.82, 2.24) is 0 Å². The molecule has 0 saturated carbocycles. The second-order valence-electron chi connectivity index (χ2n) is 4.21. The van der Waals surface area contributed by atoms with Gasteiger partial charge in [-0.25, -0.2) is 4.39 Å². The van der Waals surface area contributed by atoms with Crippen LogP contribution in [0.1, 0.15) is 24.8 Å². The minimum absolute atomic E-state index is 0.294. The highest BCUT2D eigenvalue weighted by Gasteiger charge is 2.15. The largest absolute Gasteiger partial charge is 0.490 e. The fourth-order valence-corrected chi connectivity index (χ4v) is 1.89. The summed E-state index contributed by atoms with van der Waals surface area (Å²) in [5.74, 6) is 0.0518. The molecule has 1 unspecified atom stereocenters. The van der Waals surface area contributed by atoms with Crippen LogP contribution in [0.3, 0.4) is 0 Å². The lowest BCUT2D eigenvalue weighted by molar-refractivity contribution is 0.0897. The summed E-state index contributed by atoms with van der Waals surface area (Å²) in [4.78, 5) is 0. The molecule has 1 aromatic rings. The van der Waals surface area contributed by atoms with E-state index in [4.69, 9.17) is 9.47 Å². The molecule has 1 aliphatic rings. The number of ether oxygens (including phenoxy) is 2. The van der Waals surface area contributed by atoms with Gasteiger partial charge in [-0.2, -0.15) is 0 Å². The molecule has 16 heavy (non-hydrogen) atoms. The summed E-state index contributed by atoms with van der Waals surface area (Å²) in [6.45, 7) is 3.29. The number of benzene rings is 1. The van der Waals surface area contributed by atoms with E-state index in [1.54, 1.807) is 12.1 Å². The normalized spacial score (nSPS) is 20.0. The number of aryl methyl sites for hydroxylation is 1. The average Bonchev–Trinajstić information content (AvgIpc) is 2.76. The SMILES string of the molecule is Cc1ccc(F)c(OCCC2CCCO2)c1. The van der Waals surface area contributed by atoms with E-state index < -0.39 is 0 Å². The third-order valence-electron chi connectivity index (χ3n) is 2.81. The maximum Gasteiger partial charge on any atom is 0.165 e. The van der Waals surface area contributed by atoms with E-state index in [2.05, 4.69) is 0 Å². The smallest absolute Gasteiger partial charge is 0.165 e. The highest BCUT2D eigenvalue weighted by Crippen LogP contribution is 2.20. The molecular formula is C13H17FO2. The summed E-state index contributed by atoms with van der Waals surface area (Å²) < 4.78 is 24.2. The Morgan fingerprint density at radius 3 is 3.12 bits per heavy atom. The van der Waals surface area contributed by atoms with Crippen molar-refractivity contribution in [3.8, 4) is 5.75 Å². The summed E-state index contributed by atoms with van der Waals surface area (Å²) in [5.41, 5.74) is 1.01. The highest BCUT2D eigenvalue weighted by molar-refractivity contribution is 5.29. The molecule has 1 heterocycles. The first kappa shape index (κ1) is 11.4. The zero-order chi connectivity index (χ0) is 11.4. The number of hydrogen-bond acceptors (Lipinski definition) is 2. The van der Waals surface area contributed by atoms with Gasteiger partial charge >= 0.3 is 0 Å². The highest BCUT2D eigenvalue weighted by atomic mass is 19.1. The first-order valence-electron chi connectivity index (χ1n) is 5.76. The lowest BCUT2D eigenvalue weighted by atomic mass is 10.2. The first-order valence-corrected chi connectivity index (χ1v) is 5.76. The molecule has 0 aromatic heterocycles. The van der Waals surface area contributed by atoms with Gasteiger partial charge in [-0.05, 0) is 37.5 Å². The molecular weight excluding hydrogens is 207 g/mol. The molecule has 0 spiro atoms. The van der Waals surface area contributed by atoms with E-state index in [-0.39, 0.29) is 5.82 Å². The van der Waals surface area contributed by atoms with Crippen molar-refractivity contribution in [2.24, 2.45) is 0 Å². The average molecular weight is 224 g/mol. The number of hydrogen-bond donors (Lipinski definition) is 0. The quantitative estimate of drug-likeness (QED) is 0.782. The molecule has 88 valence electrons. The Morgan fingerprint density at radius 1 is 1.50 bits per heavy atom. The molecule has 0 aliphatic carbocycles. The maximum atomic E-state index is 13.3. The zero-order valence-corrected chi connectivity index (χ0v) is 9.54. The van der Waals surface area contributed by atoms with E-state index in [9.17, 15) is 4.39 Å². The van der Waals surface area contributed by atoms with Crippen molar-refractivity contribution < 1.29 is 13.9 Å². The van der Waals surface area contributed by atoms with Gasteiger partial charge in [-0.1, -0.05) is 6.07 Å². The Balaban J connectivity index is 1.82. The molecule has 2 rings (SSSR count). The standard InChI is InChI=1S/C13H17FO2/c1-10-4-5-12(14)13(9-10)16-8-6-11-3-2-7-15-11/h4-5,9,11H,2-3,6-8H2,1H3. The van der Waals surface area contributed by atoms with Crippen LogP contribution in [-0.4, -0.2) is 19.3 Å².